The van der Waals surface area contributed by atoms with Gasteiger partial charge in [-0.3, -0.25) is 9.78 Å². The van der Waals surface area contributed by atoms with Crippen molar-refractivity contribution in [1.29, 1.82) is 0 Å². The SMILES string of the molecule is CCc1ccc(CNC(=O)c2ccc(C(F)(F)F)nc2)cc1. The van der Waals surface area contributed by atoms with Crippen molar-refractivity contribution >= 4 is 5.91 Å². The second-order valence-electron chi connectivity index (χ2n) is 4.78. The Morgan fingerprint density at radius 2 is 1.73 bits per heavy atom. The summed E-state index contributed by atoms with van der Waals surface area (Å²) in [6.07, 6.45) is -2.64. The smallest absolute Gasteiger partial charge is 0.348 e. The Balaban J connectivity index is 1.97. The molecule has 0 saturated heterocycles. The van der Waals surface area contributed by atoms with Gasteiger partial charge in [0.05, 0.1) is 5.56 Å². The molecule has 116 valence electrons. The van der Waals surface area contributed by atoms with E-state index in [4.69, 9.17) is 0 Å². The lowest BCUT2D eigenvalue weighted by atomic mass is 10.1. The minimum atomic E-state index is -4.50. The van der Waals surface area contributed by atoms with E-state index in [0.29, 0.717) is 6.54 Å². The fraction of sp³-hybridized carbons (Fsp3) is 0.250. The number of alkyl halides is 3. The van der Waals surface area contributed by atoms with E-state index in [1.54, 1.807) is 0 Å². The van der Waals surface area contributed by atoms with Crippen molar-refractivity contribution in [3.8, 4) is 0 Å². The molecule has 0 aliphatic rings. The summed E-state index contributed by atoms with van der Waals surface area (Å²) in [7, 11) is 0. The maximum Gasteiger partial charge on any atom is 0.433 e. The number of nitrogens with zero attached hydrogens (tertiary/aromatic N) is 1. The minimum Gasteiger partial charge on any atom is -0.348 e. The third kappa shape index (κ3) is 4.07. The van der Waals surface area contributed by atoms with Crippen LogP contribution >= 0.6 is 0 Å². The van der Waals surface area contributed by atoms with Gasteiger partial charge in [-0.25, -0.2) is 0 Å². The molecule has 0 unspecified atom stereocenters. The molecule has 2 rings (SSSR count). The van der Waals surface area contributed by atoms with E-state index in [-0.39, 0.29) is 5.56 Å². The van der Waals surface area contributed by atoms with E-state index >= 15 is 0 Å². The number of rotatable bonds is 4. The standard InChI is InChI=1S/C16H15F3N2O/c1-2-11-3-5-12(6-4-11)9-21-15(22)13-7-8-14(20-10-13)16(17,18)19/h3-8,10H,2,9H2,1H3,(H,21,22). The summed E-state index contributed by atoms with van der Waals surface area (Å²) in [5.41, 5.74) is 1.20. The van der Waals surface area contributed by atoms with Crippen LogP contribution in [0.2, 0.25) is 0 Å². The van der Waals surface area contributed by atoms with Gasteiger partial charge in [-0.05, 0) is 29.7 Å². The van der Waals surface area contributed by atoms with Crippen molar-refractivity contribution in [1.82, 2.24) is 10.3 Å². The Morgan fingerprint density at radius 3 is 2.23 bits per heavy atom. The molecule has 1 heterocycles. The van der Waals surface area contributed by atoms with Crippen LogP contribution < -0.4 is 5.32 Å². The van der Waals surface area contributed by atoms with Crippen LogP contribution in [0.3, 0.4) is 0 Å². The largest absolute Gasteiger partial charge is 0.433 e. The predicted octanol–water partition coefficient (Wildman–Crippen LogP) is 3.59. The van der Waals surface area contributed by atoms with Gasteiger partial charge < -0.3 is 5.32 Å². The highest BCUT2D eigenvalue weighted by molar-refractivity contribution is 5.93. The highest BCUT2D eigenvalue weighted by atomic mass is 19.4. The molecular formula is C16H15F3N2O. The quantitative estimate of drug-likeness (QED) is 0.938. The van der Waals surface area contributed by atoms with E-state index in [2.05, 4.69) is 10.3 Å². The number of nitrogens with one attached hydrogen (secondary N) is 1. The van der Waals surface area contributed by atoms with Crippen LogP contribution in [0.4, 0.5) is 13.2 Å². The number of amides is 1. The number of aryl methyl sites for hydroxylation is 1. The predicted molar refractivity (Wildman–Crippen MR) is 76.2 cm³/mol. The molecule has 0 radical (unpaired) electrons. The molecular weight excluding hydrogens is 293 g/mol. The molecule has 0 aliphatic carbocycles. The van der Waals surface area contributed by atoms with Gasteiger partial charge in [-0.1, -0.05) is 31.2 Å². The van der Waals surface area contributed by atoms with E-state index < -0.39 is 17.8 Å². The Kier molecular flexibility index (Phi) is 4.80. The third-order valence-corrected chi connectivity index (χ3v) is 3.20. The number of carbonyl (C=O) groups is 1. The van der Waals surface area contributed by atoms with Gasteiger partial charge in [0, 0.05) is 12.7 Å². The summed E-state index contributed by atoms with van der Waals surface area (Å²) >= 11 is 0. The van der Waals surface area contributed by atoms with Crippen molar-refractivity contribution in [3.63, 3.8) is 0 Å². The first-order chi connectivity index (χ1) is 10.4. The summed E-state index contributed by atoms with van der Waals surface area (Å²) in [4.78, 5) is 15.1. The van der Waals surface area contributed by atoms with Crippen molar-refractivity contribution < 1.29 is 18.0 Å². The van der Waals surface area contributed by atoms with Crippen LogP contribution in [0.1, 0.15) is 34.1 Å². The van der Waals surface area contributed by atoms with Crippen molar-refractivity contribution in [3.05, 3.63) is 65.0 Å². The average Bonchev–Trinajstić information content (AvgIpc) is 2.52. The first-order valence-corrected chi connectivity index (χ1v) is 6.79. The molecule has 1 N–H and O–H groups in total. The van der Waals surface area contributed by atoms with Crippen molar-refractivity contribution in [2.45, 2.75) is 26.1 Å². The normalized spacial score (nSPS) is 11.3. The van der Waals surface area contributed by atoms with Crippen LogP contribution in [0, 0.1) is 0 Å². The molecule has 0 atom stereocenters. The highest BCUT2D eigenvalue weighted by Crippen LogP contribution is 2.27. The first-order valence-electron chi connectivity index (χ1n) is 6.79. The second-order valence-corrected chi connectivity index (χ2v) is 4.78. The fourth-order valence-electron chi connectivity index (χ4n) is 1.87. The van der Waals surface area contributed by atoms with E-state index in [1.165, 1.54) is 5.56 Å². The van der Waals surface area contributed by atoms with Gasteiger partial charge in [0.25, 0.3) is 5.91 Å². The van der Waals surface area contributed by atoms with E-state index in [9.17, 15) is 18.0 Å². The second kappa shape index (κ2) is 6.60. The molecule has 22 heavy (non-hydrogen) atoms. The molecule has 1 amide bonds. The molecule has 2 aromatic rings. The van der Waals surface area contributed by atoms with Crippen molar-refractivity contribution in [2.75, 3.05) is 0 Å². The molecule has 0 fully saturated rings. The minimum absolute atomic E-state index is 0.0955. The number of carbonyl (C=O) groups excluding carboxylic acids is 1. The molecule has 3 nitrogen and oxygen atoms in total. The lowest BCUT2D eigenvalue weighted by Gasteiger charge is -2.08. The average molecular weight is 308 g/mol. The summed E-state index contributed by atoms with van der Waals surface area (Å²) in [5.74, 6) is -0.458. The third-order valence-electron chi connectivity index (χ3n) is 3.20. The van der Waals surface area contributed by atoms with Gasteiger partial charge in [-0.15, -0.1) is 0 Å². The molecule has 6 heteroatoms. The zero-order chi connectivity index (χ0) is 16.2. The zero-order valence-electron chi connectivity index (χ0n) is 11.9. The Morgan fingerprint density at radius 1 is 1.09 bits per heavy atom. The summed E-state index contributed by atoms with van der Waals surface area (Å²) in [6, 6.07) is 9.67. The molecule has 1 aromatic carbocycles. The van der Waals surface area contributed by atoms with E-state index in [1.807, 2.05) is 31.2 Å². The number of hydrogen-bond donors (Lipinski definition) is 1. The van der Waals surface area contributed by atoms with Gasteiger partial charge in [-0.2, -0.15) is 13.2 Å². The Bertz CT molecular complexity index is 634. The molecule has 0 aliphatic heterocycles. The first kappa shape index (κ1) is 16.0. The fourth-order valence-corrected chi connectivity index (χ4v) is 1.87. The molecule has 0 saturated carbocycles. The summed E-state index contributed by atoms with van der Waals surface area (Å²) < 4.78 is 37.2. The lowest BCUT2D eigenvalue weighted by Crippen LogP contribution is -2.23. The Labute approximate surface area is 126 Å². The van der Waals surface area contributed by atoms with Crippen LogP contribution in [0.5, 0.6) is 0 Å². The van der Waals surface area contributed by atoms with Crippen LogP contribution in [0.15, 0.2) is 42.6 Å². The maximum absolute atomic E-state index is 12.4. The van der Waals surface area contributed by atoms with Gasteiger partial charge in [0.15, 0.2) is 0 Å². The number of aromatic nitrogens is 1. The number of halogens is 3. The summed E-state index contributed by atoms with van der Waals surface area (Å²) in [5, 5.41) is 2.65. The van der Waals surface area contributed by atoms with Gasteiger partial charge in [0.2, 0.25) is 0 Å². The molecule has 0 bridgehead atoms. The molecule has 0 spiro atoms. The number of hydrogen-bond acceptors (Lipinski definition) is 2. The maximum atomic E-state index is 12.4. The lowest BCUT2D eigenvalue weighted by molar-refractivity contribution is -0.141. The monoisotopic (exact) mass is 308 g/mol. The highest BCUT2D eigenvalue weighted by Gasteiger charge is 2.32. The summed E-state index contributed by atoms with van der Waals surface area (Å²) in [6.45, 7) is 2.36. The molecule has 1 aromatic heterocycles. The van der Waals surface area contributed by atoms with Gasteiger partial charge >= 0.3 is 6.18 Å². The zero-order valence-corrected chi connectivity index (χ0v) is 11.9. The van der Waals surface area contributed by atoms with Crippen LogP contribution in [-0.2, 0) is 19.1 Å². The van der Waals surface area contributed by atoms with E-state index in [0.717, 1.165) is 30.3 Å². The van der Waals surface area contributed by atoms with Crippen LogP contribution in [0.25, 0.3) is 0 Å². The van der Waals surface area contributed by atoms with Crippen LogP contribution in [-0.4, -0.2) is 10.9 Å². The number of benzene rings is 1. The Hall–Kier alpha value is -2.37. The van der Waals surface area contributed by atoms with Gasteiger partial charge in [0.1, 0.15) is 5.69 Å². The topological polar surface area (TPSA) is 42.0 Å². The number of pyridine rings is 1. The van der Waals surface area contributed by atoms with Crippen molar-refractivity contribution in [2.24, 2.45) is 0 Å².